The van der Waals surface area contributed by atoms with E-state index in [1.807, 2.05) is 4.57 Å². The standard InChI is InChI=1S/C16H18FN5O2/c1-10-19-20-15-14(16(24)18-2)22(8-7-21(10)15)13(23)9-11-5-3-4-6-12(11)17/h3-6,14H,7-9H2,1-2H3,(H,18,24). The van der Waals surface area contributed by atoms with Crippen LogP contribution in [-0.4, -0.2) is 45.1 Å². The van der Waals surface area contributed by atoms with Crippen molar-refractivity contribution >= 4 is 11.8 Å². The van der Waals surface area contributed by atoms with Crippen LogP contribution in [0.15, 0.2) is 24.3 Å². The third-order valence-electron chi connectivity index (χ3n) is 4.20. The van der Waals surface area contributed by atoms with Crippen LogP contribution >= 0.6 is 0 Å². The molecule has 8 heteroatoms. The molecule has 1 atom stereocenters. The average molecular weight is 331 g/mol. The molecule has 0 spiro atoms. The molecule has 2 amide bonds. The number of hydrogen-bond acceptors (Lipinski definition) is 4. The van der Waals surface area contributed by atoms with E-state index in [1.54, 1.807) is 25.1 Å². The summed E-state index contributed by atoms with van der Waals surface area (Å²) in [4.78, 5) is 26.4. The van der Waals surface area contributed by atoms with Gasteiger partial charge in [0.2, 0.25) is 5.91 Å². The van der Waals surface area contributed by atoms with Crippen LogP contribution in [-0.2, 0) is 22.6 Å². The topological polar surface area (TPSA) is 80.1 Å². The molecule has 1 N–H and O–H groups in total. The molecule has 1 unspecified atom stereocenters. The third kappa shape index (κ3) is 2.75. The molecule has 1 aliphatic rings. The second-order valence-electron chi connectivity index (χ2n) is 5.63. The summed E-state index contributed by atoms with van der Waals surface area (Å²) in [5.41, 5.74) is 0.307. The first kappa shape index (κ1) is 16.1. The largest absolute Gasteiger partial charge is 0.357 e. The summed E-state index contributed by atoms with van der Waals surface area (Å²) >= 11 is 0. The van der Waals surface area contributed by atoms with Gasteiger partial charge in [-0.2, -0.15) is 0 Å². The van der Waals surface area contributed by atoms with E-state index >= 15 is 0 Å². The Morgan fingerprint density at radius 2 is 2.04 bits per heavy atom. The molecule has 1 aromatic heterocycles. The highest BCUT2D eigenvalue weighted by atomic mass is 19.1. The minimum Gasteiger partial charge on any atom is -0.357 e. The highest BCUT2D eigenvalue weighted by Crippen LogP contribution is 2.26. The van der Waals surface area contributed by atoms with Crippen LogP contribution in [0.2, 0.25) is 0 Å². The minimum atomic E-state index is -0.857. The minimum absolute atomic E-state index is 0.104. The van der Waals surface area contributed by atoms with Crippen LogP contribution in [0, 0.1) is 12.7 Å². The maximum Gasteiger partial charge on any atom is 0.250 e. The van der Waals surface area contributed by atoms with Crippen molar-refractivity contribution in [1.29, 1.82) is 0 Å². The molecule has 0 saturated carbocycles. The first-order valence-electron chi connectivity index (χ1n) is 7.67. The van der Waals surface area contributed by atoms with Gasteiger partial charge in [-0.1, -0.05) is 18.2 Å². The van der Waals surface area contributed by atoms with Crippen molar-refractivity contribution in [3.05, 3.63) is 47.3 Å². The molecule has 2 aromatic rings. The Labute approximate surface area is 138 Å². The number of nitrogens with zero attached hydrogens (tertiary/aromatic N) is 4. The van der Waals surface area contributed by atoms with Crippen molar-refractivity contribution in [2.45, 2.75) is 25.9 Å². The van der Waals surface area contributed by atoms with Crippen LogP contribution in [0.5, 0.6) is 0 Å². The summed E-state index contributed by atoms with van der Waals surface area (Å²) in [5, 5.41) is 10.6. The molecule has 126 valence electrons. The Hall–Kier alpha value is -2.77. The highest BCUT2D eigenvalue weighted by molar-refractivity contribution is 5.89. The van der Waals surface area contributed by atoms with Gasteiger partial charge in [0.1, 0.15) is 11.6 Å². The summed E-state index contributed by atoms with van der Waals surface area (Å²) in [5.74, 6) is 0.0317. The number of hydrogen-bond donors (Lipinski definition) is 1. The van der Waals surface area contributed by atoms with Crippen molar-refractivity contribution < 1.29 is 14.0 Å². The fourth-order valence-electron chi connectivity index (χ4n) is 2.92. The monoisotopic (exact) mass is 331 g/mol. The lowest BCUT2D eigenvalue weighted by Gasteiger charge is -2.34. The Kier molecular flexibility index (Phi) is 4.28. The molecule has 0 aliphatic carbocycles. The number of fused-ring (bicyclic) bond motifs is 1. The Morgan fingerprint density at radius 3 is 2.75 bits per heavy atom. The average Bonchev–Trinajstić information content (AvgIpc) is 2.96. The third-order valence-corrected chi connectivity index (χ3v) is 4.20. The zero-order chi connectivity index (χ0) is 17.3. The number of benzene rings is 1. The normalized spacial score (nSPS) is 16.6. The molecule has 0 saturated heterocycles. The Balaban J connectivity index is 1.90. The van der Waals surface area contributed by atoms with E-state index in [0.29, 0.717) is 30.3 Å². The summed E-state index contributed by atoms with van der Waals surface area (Å²) in [7, 11) is 1.50. The lowest BCUT2D eigenvalue weighted by Crippen LogP contribution is -2.49. The summed E-state index contributed by atoms with van der Waals surface area (Å²) in [6.07, 6.45) is -0.104. The van der Waals surface area contributed by atoms with E-state index in [2.05, 4.69) is 15.5 Å². The molecule has 0 fully saturated rings. The van der Waals surface area contributed by atoms with Crippen molar-refractivity contribution in [1.82, 2.24) is 25.0 Å². The number of carbonyl (C=O) groups is 2. The van der Waals surface area contributed by atoms with Gasteiger partial charge in [-0.15, -0.1) is 10.2 Å². The van der Waals surface area contributed by atoms with E-state index in [-0.39, 0.29) is 18.2 Å². The molecule has 3 rings (SSSR count). The van der Waals surface area contributed by atoms with Gasteiger partial charge in [-0.25, -0.2) is 4.39 Å². The molecule has 0 radical (unpaired) electrons. The number of amides is 2. The smallest absolute Gasteiger partial charge is 0.250 e. The van der Waals surface area contributed by atoms with Crippen LogP contribution in [0.4, 0.5) is 4.39 Å². The van der Waals surface area contributed by atoms with Crippen LogP contribution in [0.3, 0.4) is 0 Å². The van der Waals surface area contributed by atoms with E-state index < -0.39 is 11.9 Å². The number of aromatic nitrogens is 3. The van der Waals surface area contributed by atoms with Gasteiger partial charge in [0.25, 0.3) is 5.91 Å². The van der Waals surface area contributed by atoms with Gasteiger partial charge in [0, 0.05) is 20.1 Å². The maximum absolute atomic E-state index is 13.8. The molecular formula is C16H18FN5O2. The van der Waals surface area contributed by atoms with E-state index in [4.69, 9.17) is 0 Å². The predicted octanol–water partition coefficient (Wildman–Crippen LogP) is 0.598. The first-order chi connectivity index (χ1) is 11.5. The van der Waals surface area contributed by atoms with E-state index in [9.17, 15) is 14.0 Å². The van der Waals surface area contributed by atoms with Crippen LogP contribution in [0.25, 0.3) is 0 Å². The maximum atomic E-state index is 13.8. The van der Waals surface area contributed by atoms with Crippen molar-refractivity contribution in [3.8, 4) is 0 Å². The lowest BCUT2D eigenvalue weighted by atomic mass is 10.1. The molecule has 24 heavy (non-hydrogen) atoms. The number of halogens is 1. The Morgan fingerprint density at radius 1 is 1.29 bits per heavy atom. The number of carbonyl (C=O) groups excluding carboxylic acids is 2. The zero-order valence-electron chi connectivity index (χ0n) is 13.5. The van der Waals surface area contributed by atoms with Gasteiger partial charge in [0.15, 0.2) is 11.9 Å². The Bertz CT molecular complexity index is 789. The van der Waals surface area contributed by atoms with Gasteiger partial charge in [-0.05, 0) is 18.6 Å². The molecule has 1 aromatic carbocycles. The van der Waals surface area contributed by atoms with E-state index in [1.165, 1.54) is 18.0 Å². The molecule has 2 heterocycles. The fourth-order valence-corrected chi connectivity index (χ4v) is 2.92. The van der Waals surface area contributed by atoms with Gasteiger partial charge < -0.3 is 14.8 Å². The highest BCUT2D eigenvalue weighted by Gasteiger charge is 2.38. The van der Waals surface area contributed by atoms with Crippen LogP contribution < -0.4 is 5.32 Å². The second-order valence-corrected chi connectivity index (χ2v) is 5.63. The van der Waals surface area contributed by atoms with Crippen molar-refractivity contribution in [2.75, 3.05) is 13.6 Å². The van der Waals surface area contributed by atoms with Crippen molar-refractivity contribution in [2.24, 2.45) is 0 Å². The molecule has 1 aliphatic heterocycles. The molecular weight excluding hydrogens is 313 g/mol. The quantitative estimate of drug-likeness (QED) is 0.893. The number of rotatable bonds is 3. The number of likely N-dealkylation sites (N-methyl/N-ethyl adjacent to an activating group) is 1. The second kappa shape index (κ2) is 6.38. The summed E-state index contributed by atoms with van der Waals surface area (Å²) < 4.78 is 15.6. The van der Waals surface area contributed by atoms with Crippen molar-refractivity contribution in [3.63, 3.8) is 0 Å². The van der Waals surface area contributed by atoms with Crippen LogP contribution in [0.1, 0.15) is 23.3 Å². The fraction of sp³-hybridized carbons (Fsp3) is 0.375. The number of nitrogens with one attached hydrogen (secondary N) is 1. The van der Waals surface area contributed by atoms with E-state index in [0.717, 1.165) is 0 Å². The van der Waals surface area contributed by atoms with Gasteiger partial charge >= 0.3 is 0 Å². The summed E-state index contributed by atoms with van der Waals surface area (Å²) in [6, 6.07) is 5.28. The molecule has 0 bridgehead atoms. The molecule has 7 nitrogen and oxygen atoms in total. The number of aryl methyl sites for hydroxylation is 1. The van der Waals surface area contributed by atoms with Gasteiger partial charge in [-0.3, -0.25) is 9.59 Å². The predicted molar refractivity (Wildman–Crippen MR) is 83.4 cm³/mol. The summed E-state index contributed by atoms with van der Waals surface area (Å²) in [6.45, 7) is 2.65. The first-order valence-corrected chi connectivity index (χ1v) is 7.67. The van der Waals surface area contributed by atoms with Gasteiger partial charge in [0.05, 0.1) is 6.42 Å². The SMILES string of the molecule is CNC(=O)C1c2nnc(C)n2CCN1C(=O)Cc1ccccc1F. The zero-order valence-corrected chi connectivity index (χ0v) is 13.5. The lowest BCUT2D eigenvalue weighted by molar-refractivity contribution is -0.141.